The summed E-state index contributed by atoms with van der Waals surface area (Å²) in [5, 5.41) is 11.5. The zero-order chi connectivity index (χ0) is 13.9. The summed E-state index contributed by atoms with van der Waals surface area (Å²) in [6.45, 7) is 6.15. The summed E-state index contributed by atoms with van der Waals surface area (Å²) in [5.41, 5.74) is 0. The van der Waals surface area contributed by atoms with Gasteiger partial charge >= 0.3 is 0 Å². The summed E-state index contributed by atoms with van der Waals surface area (Å²) in [5.74, 6) is 2.36. The first-order chi connectivity index (χ1) is 9.78. The van der Waals surface area contributed by atoms with Crippen molar-refractivity contribution in [2.45, 2.75) is 19.8 Å². The van der Waals surface area contributed by atoms with E-state index in [1.54, 1.807) is 0 Å². The number of nitrogens with zero attached hydrogens (tertiary/aromatic N) is 4. The van der Waals surface area contributed by atoms with Crippen LogP contribution in [0.3, 0.4) is 0 Å². The summed E-state index contributed by atoms with van der Waals surface area (Å²) in [4.78, 5) is 16.2. The lowest BCUT2D eigenvalue weighted by Gasteiger charge is -2.35. The average Bonchev–Trinajstić information content (AvgIpc) is 3.33. The molecule has 0 unspecified atom stereocenters. The first-order valence-electron chi connectivity index (χ1n) is 7.39. The van der Waals surface area contributed by atoms with E-state index in [-0.39, 0.29) is 0 Å². The lowest BCUT2D eigenvalue weighted by Crippen LogP contribution is -2.49. The van der Waals surface area contributed by atoms with Crippen LogP contribution in [0.1, 0.15) is 19.8 Å². The minimum absolute atomic E-state index is 0.320. The molecule has 2 heterocycles. The smallest absolute Gasteiger partial charge is 0.225 e. The molecule has 2 aliphatic rings. The topological polar surface area (TPSA) is 61.4 Å². The van der Waals surface area contributed by atoms with Crippen LogP contribution in [-0.4, -0.2) is 53.7 Å². The van der Waals surface area contributed by atoms with Crippen molar-refractivity contribution in [2.75, 3.05) is 42.9 Å². The molecule has 1 saturated heterocycles. The molecule has 1 aromatic heterocycles. The van der Waals surface area contributed by atoms with Crippen molar-refractivity contribution >= 4 is 17.5 Å². The minimum Gasteiger partial charge on any atom is -0.369 e. The molecule has 108 valence electrons. The van der Waals surface area contributed by atoms with Crippen molar-refractivity contribution in [3.8, 4) is 0 Å². The van der Waals surface area contributed by atoms with Gasteiger partial charge in [0.25, 0.3) is 0 Å². The van der Waals surface area contributed by atoms with E-state index >= 15 is 0 Å². The highest BCUT2D eigenvalue weighted by Crippen LogP contribution is 2.31. The first kappa shape index (κ1) is 13.1. The number of carbonyl (C=O) groups excluding carboxylic acids is 1. The first-order valence-corrected chi connectivity index (χ1v) is 7.39. The van der Waals surface area contributed by atoms with Gasteiger partial charge in [-0.1, -0.05) is 0 Å². The van der Waals surface area contributed by atoms with Gasteiger partial charge in [-0.15, -0.1) is 10.2 Å². The van der Waals surface area contributed by atoms with E-state index in [2.05, 4.69) is 20.4 Å². The van der Waals surface area contributed by atoms with Gasteiger partial charge in [-0.25, -0.2) is 0 Å². The van der Waals surface area contributed by atoms with E-state index in [0.717, 1.165) is 57.2 Å². The number of amides is 1. The summed E-state index contributed by atoms with van der Waals surface area (Å²) in [6.07, 6.45) is 2.16. The summed E-state index contributed by atoms with van der Waals surface area (Å²) < 4.78 is 0. The van der Waals surface area contributed by atoms with Crippen LogP contribution in [-0.2, 0) is 4.79 Å². The van der Waals surface area contributed by atoms with Gasteiger partial charge in [0.1, 0.15) is 5.82 Å². The van der Waals surface area contributed by atoms with Crippen molar-refractivity contribution in [3.63, 3.8) is 0 Å². The van der Waals surface area contributed by atoms with E-state index in [1.807, 2.05) is 24.0 Å². The highest BCUT2D eigenvalue weighted by Gasteiger charge is 2.34. The Morgan fingerprint density at radius 1 is 1.25 bits per heavy atom. The fraction of sp³-hybridized carbons (Fsp3) is 0.643. The molecule has 0 aromatic carbocycles. The largest absolute Gasteiger partial charge is 0.369 e. The van der Waals surface area contributed by atoms with Crippen molar-refractivity contribution in [1.29, 1.82) is 0 Å². The van der Waals surface area contributed by atoms with Crippen molar-refractivity contribution in [3.05, 3.63) is 12.1 Å². The molecule has 0 radical (unpaired) electrons. The molecule has 6 heteroatoms. The molecule has 1 saturated carbocycles. The Morgan fingerprint density at radius 2 is 2.00 bits per heavy atom. The van der Waals surface area contributed by atoms with Crippen LogP contribution in [0.4, 0.5) is 11.6 Å². The van der Waals surface area contributed by atoms with E-state index < -0.39 is 0 Å². The van der Waals surface area contributed by atoms with Crippen LogP contribution >= 0.6 is 0 Å². The summed E-state index contributed by atoms with van der Waals surface area (Å²) >= 11 is 0. The molecule has 2 fully saturated rings. The minimum atomic E-state index is 0.320. The molecular weight excluding hydrogens is 254 g/mol. The SMILES string of the molecule is CCNc1ccc(N2CCN(C(=O)C3CC3)CC2)nn1. The highest BCUT2D eigenvalue weighted by atomic mass is 16.2. The third-order valence-corrected chi connectivity index (χ3v) is 3.85. The molecule has 6 nitrogen and oxygen atoms in total. The van der Waals surface area contributed by atoms with Gasteiger partial charge in [-0.2, -0.15) is 0 Å². The fourth-order valence-corrected chi connectivity index (χ4v) is 2.51. The average molecular weight is 275 g/mol. The molecule has 0 atom stereocenters. The van der Waals surface area contributed by atoms with Crippen LogP contribution in [0.15, 0.2) is 12.1 Å². The molecule has 1 aliphatic heterocycles. The number of carbonyl (C=O) groups is 1. The zero-order valence-corrected chi connectivity index (χ0v) is 11.9. The van der Waals surface area contributed by atoms with Crippen molar-refractivity contribution in [2.24, 2.45) is 5.92 Å². The Labute approximate surface area is 119 Å². The third kappa shape index (κ3) is 2.84. The molecular formula is C14H21N5O. The molecule has 0 bridgehead atoms. The van der Waals surface area contributed by atoms with Crippen molar-refractivity contribution < 1.29 is 4.79 Å². The van der Waals surface area contributed by atoms with Crippen molar-refractivity contribution in [1.82, 2.24) is 15.1 Å². The van der Waals surface area contributed by atoms with Gasteiger partial charge in [-0.3, -0.25) is 4.79 Å². The molecule has 1 amide bonds. The fourth-order valence-electron chi connectivity index (χ4n) is 2.51. The summed E-state index contributed by atoms with van der Waals surface area (Å²) in [6, 6.07) is 3.94. The Kier molecular flexibility index (Phi) is 3.71. The molecule has 3 rings (SSSR count). The van der Waals surface area contributed by atoms with Gasteiger partial charge in [-0.05, 0) is 31.9 Å². The van der Waals surface area contributed by atoms with Gasteiger partial charge in [0.2, 0.25) is 5.91 Å². The normalized spacial score (nSPS) is 19.1. The standard InChI is InChI=1S/C14H21N5O/c1-2-15-12-5-6-13(17-16-12)18-7-9-19(10-8-18)14(20)11-3-4-11/h5-6,11H,2-4,7-10H2,1H3,(H,15,16). The number of hydrogen-bond acceptors (Lipinski definition) is 5. The Hall–Kier alpha value is -1.85. The van der Waals surface area contributed by atoms with Gasteiger partial charge in [0.15, 0.2) is 5.82 Å². The van der Waals surface area contributed by atoms with E-state index in [9.17, 15) is 4.79 Å². The number of anilines is 2. The second-order valence-electron chi connectivity index (χ2n) is 5.39. The number of aromatic nitrogens is 2. The molecule has 1 N–H and O–H groups in total. The lowest BCUT2D eigenvalue weighted by molar-refractivity contribution is -0.132. The highest BCUT2D eigenvalue weighted by molar-refractivity contribution is 5.81. The molecule has 20 heavy (non-hydrogen) atoms. The Balaban J connectivity index is 1.55. The van der Waals surface area contributed by atoms with Crippen LogP contribution in [0.25, 0.3) is 0 Å². The van der Waals surface area contributed by atoms with Crippen LogP contribution in [0.5, 0.6) is 0 Å². The molecule has 0 spiro atoms. The van der Waals surface area contributed by atoms with Gasteiger partial charge < -0.3 is 15.1 Å². The van der Waals surface area contributed by atoms with Crippen LogP contribution in [0, 0.1) is 5.92 Å². The number of nitrogens with one attached hydrogen (secondary N) is 1. The lowest BCUT2D eigenvalue weighted by atomic mass is 10.2. The second-order valence-corrected chi connectivity index (χ2v) is 5.39. The van der Waals surface area contributed by atoms with Crippen LogP contribution in [0.2, 0.25) is 0 Å². The monoisotopic (exact) mass is 275 g/mol. The number of piperazine rings is 1. The van der Waals surface area contributed by atoms with Crippen LogP contribution < -0.4 is 10.2 Å². The summed E-state index contributed by atoms with van der Waals surface area (Å²) in [7, 11) is 0. The van der Waals surface area contributed by atoms with Gasteiger partial charge in [0, 0.05) is 38.6 Å². The Bertz CT molecular complexity index is 463. The van der Waals surface area contributed by atoms with E-state index in [4.69, 9.17) is 0 Å². The maximum atomic E-state index is 12.0. The zero-order valence-electron chi connectivity index (χ0n) is 11.9. The molecule has 1 aliphatic carbocycles. The maximum absolute atomic E-state index is 12.0. The maximum Gasteiger partial charge on any atom is 0.225 e. The quantitative estimate of drug-likeness (QED) is 0.887. The third-order valence-electron chi connectivity index (χ3n) is 3.85. The van der Waals surface area contributed by atoms with E-state index in [1.165, 1.54) is 0 Å². The Morgan fingerprint density at radius 3 is 2.55 bits per heavy atom. The number of rotatable bonds is 4. The molecule has 1 aromatic rings. The van der Waals surface area contributed by atoms with Gasteiger partial charge in [0.05, 0.1) is 0 Å². The number of hydrogen-bond donors (Lipinski definition) is 1. The predicted molar refractivity (Wildman–Crippen MR) is 77.7 cm³/mol. The van der Waals surface area contributed by atoms with E-state index in [0.29, 0.717) is 11.8 Å². The second kappa shape index (κ2) is 5.64. The predicted octanol–water partition coefficient (Wildman–Crippen LogP) is 0.967.